The summed E-state index contributed by atoms with van der Waals surface area (Å²) in [7, 11) is 1.26. The van der Waals surface area contributed by atoms with Crippen molar-refractivity contribution in [2.45, 2.75) is 238 Å². The fourth-order valence-corrected chi connectivity index (χ4v) is 7.74. The van der Waals surface area contributed by atoms with Crippen molar-refractivity contribution in [3.8, 4) is 0 Å². The zero-order chi connectivity index (χ0) is 42.1. The zero-order valence-electron chi connectivity index (χ0n) is 38.3. The van der Waals surface area contributed by atoms with Crippen LogP contribution in [0, 0.1) is 0 Å². The van der Waals surface area contributed by atoms with Crippen LogP contribution in [0.15, 0.2) is 24.3 Å². The SMILES string of the molecule is CCCC/C=C\CCCCCCCC(=O)NC(COP(=O)([O-])OCC[N+](C)(C)C)C(O)/C=C/CCCCCCCCCCCCCCCCCCCCCCCC. The monoisotopic (exact) mass is 827 g/mol. The number of hydrogen-bond donors (Lipinski definition) is 2. The quantitative estimate of drug-likeness (QED) is 0.0274. The van der Waals surface area contributed by atoms with Gasteiger partial charge in [-0.25, -0.2) is 0 Å². The van der Waals surface area contributed by atoms with Crippen LogP contribution in [0.4, 0.5) is 0 Å². The number of nitrogens with zero attached hydrogens (tertiary/aromatic N) is 1. The van der Waals surface area contributed by atoms with Gasteiger partial charge in [0, 0.05) is 6.42 Å². The third-order valence-electron chi connectivity index (χ3n) is 10.9. The van der Waals surface area contributed by atoms with E-state index < -0.39 is 20.0 Å². The highest BCUT2D eigenvalue weighted by molar-refractivity contribution is 7.45. The van der Waals surface area contributed by atoms with E-state index in [-0.39, 0.29) is 19.1 Å². The maximum absolute atomic E-state index is 12.8. The first-order valence-corrected chi connectivity index (χ1v) is 25.7. The third kappa shape index (κ3) is 42.9. The average molecular weight is 827 g/mol. The molecule has 8 nitrogen and oxygen atoms in total. The van der Waals surface area contributed by atoms with E-state index in [0.29, 0.717) is 17.4 Å². The number of allylic oxidation sites excluding steroid dienone is 3. The van der Waals surface area contributed by atoms with Gasteiger partial charge in [0.15, 0.2) is 0 Å². The van der Waals surface area contributed by atoms with Crippen LogP contribution in [0.3, 0.4) is 0 Å². The molecule has 0 radical (unpaired) electrons. The van der Waals surface area contributed by atoms with E-state index in [0.717, 1.165) is 57.8 Å². The highest BCUT2D eigenvalue weighted by atomic mass is 31.2. The average Bonchev–Trinajstić information content (AvgIpc) is 3.16. The molecule has 0 aromatic carbocycles. The lowest BCUT2D eigenvalue weighted by atomic mass is 10.0. The first-order valence-electron chi connectivity index (χ1n) is 24.2. The number of rotatable bonds is 44. The summed E-state index contributed by atoms with van der Waals surface area (Å²) < 4.78 is 23.2. The van der Waals surface area contributed by atoms with Gasteiger partial charge in [-0.3, -0.25) is 9.36 Å². The highest BCUT2D eigenvalue weighted by Gasteiger charge is 2.23. The smallest absolute Gasteiger partial charge is 0.268 e. The largest absolute Gasteiger partial charge is 0.756 e. The predicted octanol–water partition coefficient (Wildman–Crippen LogP) is 13.1. The van der Waals surface area contributed by atoms with Crippen LogP contribution in [0.5, 0.6) is 0 Å². The summed E-state index contributed by atoms with van der Waals surface area (Å²) in [4.78, 5) is 25.3. The Kier molecular flexibility index (Phi) is 39.7. The summed E-state index contributed by atoms with van der Waals surface area (Å²) in [5.41, 5.74) is 0. The van der Waals surface area contributed by atoms with Gasteiger partial charge >= 0.3 is 0 Å². The number of unbranched alkanes of at least 4 members (excludes halogenated alkanes) is 29. The van der Waals surface area contributed by atoms with E-state index in [2.05, 4.69) is 31.3 Å². The summed E-state index contributed by atoms with van der Waals surface area (Å²) in [5.74, 6) is -0.207. The van der Waals surface area contributed by atoms with Crippen molar-refractivity contribution in [2.75, 3.05) is 40.9 Å². The van der Waals surface area contributed by atoms with E-state index in [9.17, 15) is 19.4 Å². The molecule has 0 aliphatic rings. The molecule has 0 heterocycles. The van der Waals surface area contributed by atoms with E-state index in [4.69, 9.17) is 9.05 Å². The summed E-state index contributed by atoms with van der Waals surface area (Å²) in [5, 5.41) is 13.8. The molecule has 0 aromatic heterocycles. The lowest BCUT2D eigenvalue weighted by molar-refractivity contribution is -0.870. The lowest BCUT2D eigenvalue weighted by Gasteiger charge is -2.29. The van der Waals surface area contributed by atoms with Crippen molar-refractivity contribution in [1.29, 1.82) is 0 Å². The minimum atomic E-state index is -4.59. The van der Waals surface area contributed by atoms with Crippen molar-refractivity contribution in [3.63, 3.8) is 0 Å². The number of amides is 1. The molecule has 2 N–H and O–H groups in total. The summed E-state index contributed by atoms with van der Waals surface area (Å²) in [6.45, 7) is 4.61. The Bertz CT molecular complexity index is 984. The number of hydrogen-bond acceptors (Lipinski definition) is 6. The maximum atomic E-state index is 12.8. The third-order valence-corrected chi connectivity index (χ3v) is 11.9. The zero-order valence-corrected chi connectivity index (χ0v) is 39.2. The molecule has 0 saturated heterocycles. The van der Waals surface area contributed by atoms with Crippen LogP contribution in [0.2, 0.25) is 0 Å². The van der Waals surface area contributed by atoms with Gasteiger partial charge in [0.05, 0.1) is 39.9 Å². The molecule has 3 unspecified atom stereocenters. The molecule has 0 spiro atoms. The molecule has 0 aliphatic heterocycles. The predicted molar refractivity (Wildman–Crippen MR) is 242 cm³/mol. The second kappa shape index (κ2) is 40.4. The van der Waals surface area contributed by atoms with Gasteiger partial charge in [0.1, 0.15) is 13.2 Å². The fraction of sp³-hybridized carbons (Fsp3) is 0.896. The van der Waals surface area contributed by atoms with Crippen molar-refractivity contribution < 1.29 is 32.9 Å². The Hall–Kier alpha value is -1.02. The Balaban J connectivity index is 4.23. The number of likely N-dealkylation sites (N-methyl/N-ethyl adjacent to an activating group) is 1. The lowest BCUT2D eigenvalue weighted by Crippen LogP contribution is -2.45. The molecule has 0 fully saturated rings. The van der Waals surface area contributed by atoms with Gasteiger partial charge in [0.25, 0.3) is 7.82 Å². The Morgan fingerprint density at radius 3 is 1.42 bits per heavy atom. The first-order chi connectivity index (χ1) is 27.5. The molecule has 3 atom stereocenters. The summed E-state index contributed by atoms with van der Waals surface area (Å²) in [6, 6.07) is -0.887. The molecule has 1 amide bonds. The maximum Gasteiger partial charge on any atom is 0.268 e. The Morgan fingerprint density at radius 1 is 0.596 bits per heavy atom. The number of carbonyl (C=O) groups is 1. The van der Waals surface area contributed by atoms with Crippen LogP contribution >= 0.6 is 7.82 Å². The standard InChI is InChI=1S/C48H95N2O6P/c1-6-8-10-12-14-16-18-19-20-21-22-23-24-25-26-27-28-29-30-32-33-35-37-39-41-47(51)46(45-56-57(53,54)55-44-43-50(3,4)5)49-48(52)42-40-38-36-34-31-17-15-13-11-9-7-2/h13,15,39,41,46-47,51H,6-12,14,16-38,40,42-45H2,1-5H3,(H-,49,52,53,54)/b15-13-,41-39+. The minimum absolute atomic E-state index is 0.00155. The number of quaternary nitrogens is 1. The van der Waals surface area contributed by atoms with Crippen LogP contribution in [0.1, 0.15) is 226 Å². The molecule has 57 heavy (non-hydrogen) atoms. The van der Waals surface area contributed by atoms with Crippen LogP contribution in [-0.2, 0) is 18.4 Å². The van der Waals surface area contributed by atoms with Gasteiger partial charge < -0.3 is 28.8 Å². The second-order valence-corrected chi connectivity index (χ2v) is 19.2. The summed E-state index contributed by atoms with van der Waals surface area (Å²) >= 11 is 0. The topological polar surface area (TPSA) is 108 Å². The highest BCUT2D eigenvalue weighted by Crippen LogP contribution is 2.38. The number of nitrogens with one attached hydrogen (secondary N) is 1. The number of aliphatic hydroxyl groups excluding tert-OH is 1. The fourth-order valence-electron chi connectivity index (χ4n) is 7.02. The van der Waals surface area contributed by atoms with Crippen molar-refractivity contribution in [2.24, 2.45) is 0 Å². The van der Waals surface area contributed by atoms with Crippen LogP contribution in [0.25, 0.3) is 0 Å². The minimum Gasteiger partial charge on any atom is -0.756 e. The number of aliphatic hydroxyl groups is 1. The molecule has 0 saturated carbocycles. The second-order valence-electron chi connectivity index (χ2n) is 17.8. The van der Waals surface area contributed by atoms with Crippen molar-refractivity contribution in [3.05, 3.63) is 24.3 Å². The molecule has 0 bridgehead atoms. The number of phosphoric ester groups is 1. The van der Waals surface area contributed by atoms with Gasteiger partial charge in [-0.2, -0.15) is 0 Å². The van der Waals surface area contributed by atoms with Crippen molar-refractivity contribution in [1.82, 2.24) is 5.32 Å². The van der Waals surface area contributed by atoms with E-state index in [1.807, 2.05) is 27.2 Å². The summed E-state index contributed by atoms with van der Waals surface area (Å²) in [6.07, 6.45) is 48.1. The Labute approximate surface area is 354 Å². The number of carbonyl (C=O) groups excluding carboxylic acids is 1. The molecular formula is C48H95N2O6P. The molecule has 0 aromatic rings. The number of phosphoric acid groups is 1. The van der Waals surface area contributed by atoms with Gasteiger partial charge in [-0.05, 0) is 38.5 Å². The van der Waals surface area contributed by atoms with Crippen molar-refractivity contribution >= 4 is 13.7 Å². The molecule has 338 valence electrons. The molecule has 0 rings (SSSR count). The van der Waals surface area contributed by atoms with E-state index >= 15 is 0 Å². The van der Waals surface area contributed by atoms with Gasteiger partial charge in [0.2, 0.25) is 5.91 Å². The van der Waals surface area contributed by atoms with Crippen LogP contribution < -0.4 is 10.2 Å². The normalized spacial score (nSPS) is 14.4. The van der Waals surface area contributed by atoms with Gasteiger partial charge in [-0.1, -0.05) is 205 Å². The Morgan fingerprint density at radius 2 is 0.982 bits per heavy atom. The van der Waals surface area contributed by atoms with Crippen LogP contribution in [-0.4, -0.2) is 68.5 Å². The molecular weight excluding hydrogens is 732 g/mol. The van der Waals surface area contributed by atoms with Gasteiger partial charge in [-0.15, -0.1) is 0 Å². The molecule has 9 heteroatoms. The van der Waals surface area contributed by atoms with E-state index in [1.54, 1.807) is 6.08 Å². The molecule has 0 aliphatic carbocycles. The first kappa shape index (κ1) is 56.0. The van der Waals surface area contributed by atoms with E-state index in [1.165, 1.54) is 148 Å².